The minimum absolute atomic E-state index is 0.0739. The monoisotopic (exact) mass is 325 g/mol. The van der Waals surface area contributed by atoms with Crippen molar-refractivity contribution in [1.29, 1.82) is 5.26 Å². The molecule has 0 aliphatic heterocycles. The highest BCUT2D eigenvalue weighted by Gasteiger charge is 2.08. The van der Waals surface area contributed by atoms with Crippen molar-refractivity contribution in [2.45, 2.75) is 0 Å². The van der Waals surface area contributed by atoms with E-state index in [4.69, 9.17) is 21.6 Å². The molecule has 0 spiro atoms. The Morgan fingerprint density at radius 3 is 2.50 bits per heavy atom. The second-order valence-electron chi connectivity index (χ2n) is 3.43. The first-order chi connectivity index (χ1) is 8.60. The van der Waals surface area contributed by atoms with Crippen LogP contribution in [0.4, 0.5) is 4.39 Å². The number of halogens is 3. The Hall–Kier alpha value is -1.57. The fourth-order valence-corrected chi connectivity index (χ4v) is 1.88. The Morgan fingerprint density at radius 1 is 1.17 bits per heavy atom. The molecule has 2 nitrogen and oxygen atoms in total. The van der Waals surface area contributed by atoms with Crippen LogP contribution in [0.15, 0.2) is 40.9 Å². The van der Waals surface area contributed by atoms with E-state index >= 15 is 0 Å². The summed E-state index contributed by atoms with van der Waals surface area (Å²) >= 11 is 9.09. The van der Waals surface area contributed by atoms with Gasteiger partial charge in [-0.3, -0.25) is 0 Å². The highest BCUT2D eigenvalue weighted by molar-refractivity contribution is 9.10. The predicted octanol–water partition coefficient (Wildman–Crippen LogP) is 4.91. The van der Waals surface area contributed by atoms with Crippen LogP contribution in [0.3, 0.4) is 0 Å². The lowest BCUT2D eigenvalue weighted by Gasteiger charge is -2.08. The molecule has 0 aromatic heterocycles. The topological polar surface area (TPSA) is 33.0 Å². The summed E-state index contributed by atoms with van der Waals surface area (Å²) in [5, 5.41) is 8.96. The molecule has 0 atom stereocenters. The van der Waals surface area contributed by atoms with Crippen LogP contribution < -0.4 is 4.74 Å². The third-order valence-corrected chi connectivity index (χ3v) is 2.96. The third-order valence-electron chi connectivity index (χ3n) is 2.17. The number of nitriles is 1. The number of hydrogen-bond acceptors (Lipinski definition) is 2. The van der Waals surface area contributed by atoms with Crippen LogP contribution in [-0.2, 0) is 0 Å². The van der Waals surface area contributed by atoms with Gasteiger partial charge in [-0.1, -0.05) is 27.5 Å². The van der Waals surface area contributed by atoms with Crippen molar-refractivity contribution in [1.82, 2.24) is 0 Å². The van der Waals surface area contributed by atoms with Crippen molar-refractivity contribution in [3.8, 4) is 17.6 Å². The van der Waals surface area contributed by atoms with Crippen LogP contribution in [0, 0.1) is 17.1 Å². The molecule has 0 saturated heterocycles. The van der Waals surface area contributed by atoms with Crippen molar-refractivity contribution in [3.63, 3.8) is 0 Å². The van der Waals surface area contributed by atoms with Crippen LogP contribution in [0.5, 0.6) is 11.5 Å². The van der Waals surface area contributed by atoms with Gasteiger partial charge in [0, 0.05) is 4.47 Å². The summed E-state index contributed by atoms with van der Waals surface area (Å²) in [6, 6.07) is 11.0. The minimum atomic E-state index is -0.496. The third kappa shape index (κ3) is 2.81. The highest BCUT2D eigenvalue weighted by Crippen LogP contribution is 2.32. The molecule has 0 aliphatic rings. The van der Waals surface area contributed by atoms with Crippen LogP contribution in [0.25, 0.3) is 0 Å². The van der Waals surface area contributed by atoms with E-state index in [2.05, 4.69) is 15.9 Å². The first kappa shape index (κ1) is 12.9. The first-order valence-electron chi connectivity index (χ1n) is 4.92. The molecule has 2 aromatic carbocycles. The molecular weight excluding hydrogens is 321 g/mol. The number of nitrogens with zero attached hydrogens (tertiary/aromatic N) is 1. The Kier molecular flexibility index (Phi) is 3.85. The zero-order chi connectivity index (χ0) is 13.1. The molecule has 0 saturated carbocycles. The van der Waals surface area contributed by atoms with Gasteiger partial charge in [0.05, 0.1) is 16.7 Å². The Balaban J connectivity index is 2.32. The molecule has 2 rings (SSSR count). The van der Waals surface area contributed by atoms with E-state index in [1.165, 1.54) is 24.3 Å². The molecule has 0 amide bonds. The Bertz CT molecular complexity index is 639. The zero-order valence-corrected chi connectivity index (χ0v) is 11.3. The number of benzene rings is 2. The average Bonchev–Trinajstić information content (AvgIpc) is 2.34. The van der Waals surface area contributed by atoms with Crippen LogP contribution in [0.1, 0.15) is 5.56 Å². The van der Waals surface area contributed by atoms with E-state index in [9.17, 15) is 4.39 Å². The van der Waals surface area contributed by atoms with Crippen molar-refractivity contribution in [2.24, 2.45) is 0 Å². The average molecular weight is 327 g/mol. The van der Waals surface area contributed by atoms with Crippen molar-refractivity contribution < 1.29 is 9.13 Å². The summed E-state index contributed by atoms with van der Waals surface area (Å²) in [4.78, 5) is 0. The molecule has 0 unspecified atom stereocenters. The molecule has 0 heterocycles. The molecule has 90 valence electrons. The Morgan fingerprint density at radius 2 is 1.89 bits per heavy atom. The van der Waals surface area contributed by atoms with Gasteiger partial charge in [-0.25, -0.2) is 4.39 Å². The summed E-state index contributed by atoms with van der Waals surface area (Å²) in [5.41, 5.74) is 0.420. The smallest absolute Gasteiger partial charge is 0.166 e. The minimum Gasteiger partial charge on any atom is -0.453 e. The lowest BCUT2D eigenvalue weighted by Crippen LogP contribution is -1.89. The predicted molar refractivity (Wildman–Crippen MR) is 70.3 cm³/mol. The van der Waals surface area contributed by atoms with E-state index in [1.54, 1.807) is 12.1 Å². The second-order valence-corrected chi connectivity index (χ2v) is 4.76. The molecule has 0 radical (unpaired) electrons. The molecule has 0 aliphatic carbocycles. The van der Waals surface area contributed by atoms with E-state index in [1.807, 2.05) is 6.07 Å². The normalized spacial score (nSPS) is 9.89. The summed E-state index contributed by atoms with van der Waals surface area (Å²) < 4.78 is 19.5. The summed E-state index contributed by atoms with van der Waals surface area (Å²) in [5.74, 6) is -0.119. The van der Waals surface area contributed by atoms with Gasteiger partial charge in [-0.05, 0) is 36.4 Å². The van der Waals surface area contributed by atoms with Crippen LogP contribution in [0.2, 0.25) is 5.02 Å². The lowest BCUT2D eigenvalue weighted by molar-refractivity contribution is 0.442. The maximum absolute atomic E-state index is 13.6. The van der Waals surface area contributed by atoms with Gasteiger partial charge in [0.1, 0.15) is 5.75 Å². The molecule has 0 N–H and O–H groups in total. The van der Waals surface area contributed by atoms with Crippen molar-refractivity contribution in [2.75, 3.05) is 0 Å². The van der Waals surface area contributed by atoms with E-state index in [-0.39, 0.29) is 10.8 Å². The quantitative estimate of drug-likeness (QED) is 0.786. The molecule has 0 fully saturated rings. The highest BCUT2D eigenvalue weighted by atomic mass is 79.9. The fourth-order valence-electron chi connectivity index (χ4n) is 1.33. The summed E-state index contributed by atoms with van der Waals surface area (Å²) in [6.45, 7) is 0. The molecule has 0 bridgehead atoms. The SMILES string of the molecule is N#Cc1ccc(Oc2ccc(Br)cc2F)c(Cl)c1. The zero-order valence-electron chi connectivity index (χ0n) is 8.95. The standard InChI is InChI=1S/C13H6BrClFNO/c14-9-2-4-13(11(16)6-9)18-12-3-1-8(7-17)5-10(12)15/h1-6H. The lowest BCUT2D eigenvalue weighted by atomic mass is 10.2. The van der Waals surface area contributed by atoms with Gasteiger partial charge in [0.25, 0.3) is 0 Å². The first-order valence-corrected chi connectivity index (χ1v) is 6.10. The molecular formula is C13H6BrClFNO. The number of rotatable bonds is 2. The van der Waals surface area contributed by atoms with E-state index in [0.29, 0.717) is 15.8 Å². The van der Waals surface area contributed by atoms with E-state index in [0.717, 1.165) is 0 Å². The maximum Gasteiger partial charge on any atom is 0.166 e. The van der Waals surface area contributed by atoms with Gasteiger partial charge >= 0.3 is 0 Å². The van der Waals surface area contributed by atoms with Crippen molar-refractivity contribution in [3.05, 3.63) is 57.3 Å². The maximum atomic E-state index is 13.6. The molecule has 2 aromatic rings. The van der Waals surface area contributed by atoms with Gasteiger partial charge in [0.2, 0.25) is 0 Å². The molecule has 5 heteroatoms. The van der Waals surface area contributed by atoms with Gasteiger partial charge < -0.3 is 4.74 Å². The summed E-state index contributed by atoms with van der Waals surface area (Å²) in [6.07, 6.45) is 0. The summed E-state index contributed by atoms with van der Waals surface area (Å²) in [7, 11) is 0. The van der Waals surface area contributed by atoms with Gasteiger partial charge in [-0.2, -0.15) is 5.26 Å². The fraction of sp³-hybridized carbons (Fsp3) is 0. The number of ether oxygens (including phenoxy) is 1. The molecule has 18 heavy (non-hydrogen) atoms. The van der Waals surface area contributed by atoms with Gasteiger partial charge in [0.15, 0.2) is 11.6 Å². The Labute approximate surface area is 117 Å². The second kappa shape index (κ2) is 5.38. The van der Waals surface area contributed by atoms with E-state index < -0.39 is 5.82 Å². The number of hydrogen-bond donors (Lipinski definition) is 0. The van der Waals surface area contributed by atoms with Gasteiger partial charge in [-0.15, -0.1) is 0 Å². The largest absolute Gasteiger partial charge is 0.453 e. The van der Waals surface area contributed by atoms with Crippen LogP contribution in [-0.4, -0.2) is 0 Å². The van der Waals surface area contributed by atoms with Crippen LogP contribution >= 0.6 is 27.5 Å². The van der Waals surface area contributed by atoms with Crippen molar-refractivity contribution >= 4 is 27.5 Å².